The van der Waals surface area contributed by atoms with Crippen molar-refractivity contribution < 1.29 is 4.42 Å². The Kier molecular flexibility index (Phi) is 5.26. The summed E-state index contributed by atoms with van der Waals surface area (Å²) in [6.45, 7) is 7.67. The van der Waals surface area contributed by atoms with Gasteiger partial charge in [-0.2, -0.15) is 10.5 Å². The number of furan rings is 1. The summed E-state index contributed by atoms with van der Waals surface area (Å²) in [4.78, 5) is 5.16. The average molecular weight is 431 g/mol. The van der Waals surface area contributed by atoms with Crippen molar-refractivity contribution in [1.29, 1.82) is 10.5 Å². The number of allylic oxidation sites excluding steroid dienone is 1. The van der Waals surface area contributed by atoms with Crippen molar-refractivity contribution in [2.75, 3.05) is 0 Å². The fourth-order valence-corrected chi connectivity index (χ4v) is 5.32. The van der Waals surface area contributed by atoms with Crippen molar-refractivity contribution in [1.82, 2.24) is 9.55 Å². The van der Waals surface area contributed by atoms with Crippen molar-refractivity contribution in [2.24, 2.45) is 0 Å². The molecule has 1 aromatic carbocycles. The molecule has 0 amide bonds. The van der Waals surface area contributed by atoms with Crippen LogP contribution in [0.2, 0.25) is 0 Å². The molecule has 0 N–H and O–H groups in total. The minimum absolute atomic E-state index is 0.527. The number of para-hydroxylation sites is 1. The number of aromatic nitrogens is 2. The normalized spacial score (nSPS) is 11.6. The number of thioether (sulfide) groups is 1. The minimum Gasteiger partial charge on any atom is -0.443 e. The smallest absolute Gasteiger partial charge is 0.222 e. The number of hydrogen-bond acceptors (Lipinski definition) is 6. The van der Waals surface area contributed by atoms with Gasteiger partial charge in [-0.15, -0.1) is 11.3 Å². The molecule has 7 heteroatoms. The van der Waals surface area contributed by atoms with Gasteiger partial charge in [-0.1, -0.05) is 12.1 Å². The van der Waals surface area contributed by atoms with Gasteiger partial charge < -0.3 is 4.42 Å². The van der Waals surface area contributed by atoms with Crippen LogP contribution in [0.1, 0.15) is 33.8 Å². The number of aryl methyl sites for hydroxylation is 2. The van der Waals surface area contributed by atoms with Crippen LogP contribution < -0.4 is 0 Å². The van der Waals surface area contributed by atoms with Gasteiger partial charge in [-0.25, -0.2) is 4.98 Å². The monoisotopic (exact) mass is 430 g/mol. The Bertz CT molecular complexity index is 1360. The quantitative estimate of drug-likeness (QED) is 0.275. The highest BCUT2D eigenvalue weighted by Gasteiger charge is 2.20. The lowest BCUT2D eigenvalue weighted by molar-refractivity contribution is 0.503. The molecule has 0 saturated heterocycles. The molecule has 3 heterocycles. The third-order valence-corrected chi connectivity index (χ3v) is 7.05. The van der Waals surface area contributed by atoms with E-state index in [1.807, 2.05) is 68.7 Å². The number of hydrogen-bond donors (Lipinski definition) is 0. The van der Waals surface area contributed by atoms with Gasteiger partial charge in [0, 0.05) is 17.0 Å². The van der Waals surface area contributed by atoms with E-state index in [1.165, 1.54) is 11.8 Å². The van der Waals surface area contributed by atoms with E-state index in [0.29, 0.717) is 16.4 Å². The highest BCUT2D eigenvalue weighted by atomic mass is 32.2. The molecule has 148 valence electrons. The van der Waals surface area contributed by atoms with Crippen molar-refractivity contribution in [3.63, 3.8) is 0 Å². The van der Waals surface area contributed by atoms with Crippen LogP contribution in [0.15, 0.2) is 44.0 Å². The zero-order valence-corrected chi connectivity index (χ0v) is 18.6. The fraction of sp³-hybridized carbons (Fsp3) is 0.174. The van der Waals surface area contributed by atoms with Crippen LogP contribution in [0, 0.1) is 50.4 Å². The van der Waals surface area contributed by atoms with Gasteiger partial charge in [0.2, 0.25) is 5.88 Å². The van der Waals surface area contributed by atoms with Crippen LogP contribution in [-0.4, -0.2) is 9.55 Å². The summed E-state index contributed by atoms with van der Waals surface area (Å²) in [5.74, 6) is 1.26. The molecule has 0 saturated carbocycles. The summed E-state index contributed by atoms with van der Waals surface area (Å²) in [5.41, 5.74) is 5.08. The Hall–Kier alpha value is -3.26. The molecule has 4 aromatic rings. The van der Waals surface area contributed by atoms with Gasteiger partial charge in [0.05, 0.1) is 15.1 Å². The summed E-state index contributed by atoms with van der Waals surface area (Å²) >= 11 is 2.94. The van der Waals surface area contributed by atoms with Crippen LogP contribution in [0.5, 0.6) is 0 Å². The Balaban J connectivity index is 1.73. The highest BCUT2D eigenvalue weighted by molar-refractivity contribution is 8.05. The Labute approximate surface area is 182 Å². The van der Waals surface area contributed by atoms with Gasteiger partial charge in [-0.05, 0) is 69.3 Å². The molecule has 0 unspecified atom stereocenters. The molecule has 0 spiro atoms. The first-order chi connectivity index (χ1) is 14.4. The zero-order chi connectivity index (χ0) is 21.4. The maximum atomic E-state index is 9.70. The molecule has 30 heavy (non-hydrogen) atoms. The fourth-order valence-electron chi connectivity index (χ4n) is 3.36. The van der Waals surface area contributed by atoms with Gasteiger partial charge in [0.15, 0.2) is 4.34 Å². The molecule has 0 aliphatic heterocycles. The SMILES string of the molecule is Cc1oc(-n2c(C)cc(/C=C(\C#N)Sc3nc4ccccc4s3)c2C)c(C#N)c1C. The number of fused-ring (bicyclic) bond motifs is 1. The predicted octanol–water partition coefficient (Wildman–Crippen LogP) is 6.44. The lowest BCUT2D eigenvalue weighted by Gasteiger charge is -2.06. The average Bonchev–Trinajstić information content (AvgIpc) is 3.35. The van der Waals surface area contributed by atoms with Crippen LogP contribution >= 0.6 is 23.1 Å². The molecule has 4 rings (SSSR count). The largest absolute Gasteiger partial charge is 0.443 e. The molecule has 5 nitrogen and oxygen atoms in total. The molecule has 0 radical (unpaired) electrons. The standard InChI is InChI=1S/C23H18N4OS2/c1-13-9-17(15(3)27(13)22-19(12-25)14(2)16(4)28-22)10-18(11-24)29-23-26-20-7-5-6-8-21(20)30-23/h5-10H,1-4H3/b18-10+. The van der Waals surface area contributed by atoms with Crippen LogP contribution in [0.3, 0.4) is 0 Å². The number of nitriles is 2. The lowest BCUT2D eigenvalue weighted by atomic mass is 10.2. The van der Waals surface area contributed by atoms with Crippen molar-refractivity contribution >= 4 is 39.4 Å². The Morgan fingerprint density at radius 1 is 1.20 bits per heavy atom. The first kappa shape index (κ1) is 20.0. The van der Waals surface area contributed by atoms with E-state index in [9.17, 15) is 10.5 Å². The Morgan fingerprint density at radius 2 is 1.97 bits per heavy atom. The predicted molar refractivity (Wildman–Crippen MR) is 121 cm³/mol. The van der Waals surface area contributed by atoms with E-state index in [4.69, 9.17) is 4.42 Å². The summed E-state index contributed by atoms with van der Waals surface area (Å²) in [6.07, 6.45) is 1.87. The molecular weight excluding hydrogens is 412 g/mol. The minimum atomic E-state index is 0.527. The van der Waals surface area contributed by atoms with E-state index in [-0.39, 0.29) is 0 Å². The van der Waals surface area contributed by atoms with Crippen LogP contribution in [0.4, 0.5) is 0 Å². The van der Waals surface area contributed by atoms with Crippen LogP contribution in [0.25, 0.3) is 22.2 Å². The molecule has 0 atom stereocenters. The van der Waals surface area contributed by atoms with Crippen molar-refractivity contribution in [3.8, 4) is 18.0 Å². The lowest BCUT2D eigenvalue weighted by Crippen LogP contribution is -2.00. The Morgan fingerprint density at radius 3 is 2.67 bits per heavy atom. The molecule has 3 aromatic heterocycles. The second-order valence-electron chi connectivity index (χ2n) is 6.91. The maximum Gasteiger partial charge on any atom is 0.222 e. The summed E-state index contributed by atoms with van der Waals surface area (Å²) in [5, 5.41) is 19.3. The van der Waals surface area contributed by atoms with Crippen molar-refractivity contribution in [2.45, 2.75) is 32.0 Å². The second kappa shape index (κ2) is 7.87. The van der Waals surface area contributed by atoms with E-state index in [1.54, 1.807) is 11.3 Å². The van der Waals surface area contributed by atoms with E-state index >= 15 is 0 Å². The maximum absolute atomic E-state index is 9.70. The van der Waals surface area contributed by atoms with E-state index in [2.05, 4.69) is 17.1 Å². The third kappa shape index (κ3) is 3.43. The van der Waals surface area contributed by atoms with Crippen molar-refractivity contribution in [3.05, 3.63) is 69.1 Å². The number of thiazole rings is 1. The molecule has 0 aliphatic carbocycles. The van der Waals surface area contributed by atoms with Gasteiger partial charge in [0.25, 0.3) is 0 Å². The third-order valence-electron chi connectivity index (χ3n) is 5.02. The summed E-state index contributed by atoms with van der Waals surface area (Å²) in [6, 6.07) is 14.5. The van der Waals surface area contributed by atoms with E-state index in [0.717, 1.165) is 42.8 Å². The zero-order valence-electron chi connectivity index (χ0n) is 17.0. The number of rotatable bonds is 4. The summed E-state index contributed by atoms with van der Waals surface area (Å²) < 4.78 is 9.77. The topological polar surface area (TPSA) is 78.5 Å². The molecule has 0 bridgehead atoms. The van der Waals surface area contributed by atoms with Gasteiger partial charge >= 0.3 is 0 Å². The molecule has 0 fully saturated rings. The number of nitrogens with zero attached hydrogens (tertiary/aromatic N) is 4. The first-order valence-electron chi connectivity index (χ1n) is 9.27. The van der Waals surface area contributed by atoms with Gasteiger partial charge in [0.1, 0.15) is 23.5 Å². The molecule has 0 aliphatic rings. The second-order valence-corrected chi connectivity index (χ2v) is 9.23. The molecular formula is C23H18N4OS2. The van der Waals surface area contributed by atoms with Gasteiger partial charge in [-0.3, -0.25) is 4.57 Å². The first-order valence-corrected chi connectivity index (χ1v) is 10.9. The number of benzene rings is 1. The van der Waals surface area contributed by atoms with E-state index < -0.39 is 0 Å². The highest BCUT2D eigenvalue weighted by Crippen LogP contribution is 2.35. The van der Waals surface area contributed by atoms with Crippen LogP contribution in [-0.2, 0) is 0 Å². The summed E-state index contributed by atoms with van der Waals surface area (Å²) in [7, 11) is 0.